The maximum absolute atomic E-state index is 14.1. The van der Waals surface area contributed by atoms with Gasteiger partial charge < -0.3 is 9.47 Å². The second-order valence-corrected chi connectivity index (χ2v) is 6.47. The van der Waals surface area contributed by atoms with Crippen molar-refractivity contribution in [2.45, 2.75) is 45.3 Å². The average molecular weight is 347 g/mol. The second-order valence-electron chi connectivity index (χ2n) is 6.47. The first-order chi connectivity index (χ1) is 12.7. The highest BCUT2D eigenvalue weighted by Crippen LogP contribution is 2.34. The van der Waals surface area contributed by atoms with Gasteiger partial charge in [-0.05, 0) is 37.3 Å². The number of amides is 1. The molecule has 1 atom stereocenters. The number of nitrogens with zero attached hydrogens (tertiary/aromatic N) is 3. The van der Waals surface area contributed by atoms with E-state index in [1.54, 1.807) is 24.0 Å². The van der Waals surface area contributed by atoms with Crippen molar-refractivity contribution in [1.29, 1.82) is 0 Å². The lowest BCUT2D eigenvalue weighted by molar-refractivity contribution is 0.0700. The van der Waals surface area contributed by atoms with E-state index in [1.165, 1.54) is 6.07 Å². The molecule has 4 nitrogen and oxygen atoms in total. The smallest absolute Gasteiger partial charge is 0.255 e. The van der Waals surface area contributed by atoms with Gasteiger partial charge in [-0.25, -0.2) is 9.37 Å². The SMILES string of the molecule is CC#CC#CCC(c1cn2c(n1)CCC2)N1Cc2c(F)cccc2C1=O. The van der Waals surface area contributed by atoms with E-state index in [0.29, 0.717) is 17.5 Å². The van der Waals surface area contributed by atoms with Crippen LogP contribution < -0.4 is 0 Å². The molecule has 1 aromatic carbocycles. The third-order valence-corrected chi connectivity index (χ3v) is 4.90. The Morgan fingerprint density at radius 1 is 1.35 bits per heavy atom. The molecule has 4 rings (SSSR count). The summed E-state index contributed by atoms with van der Waals surface area (Å²) in [7, 11) is 0. The maximum atomic E-state index is 14.1. The van der Waals surface area contributed by atoms with Crippen LogP contribution >= 0.6 is 0 Å². The maximum Gasteiger partial charge on any atom is 0.255 e. The topological polar surface area (TPSA) is 38.1 Å². The molecule has 0 saturated carbocycles. The highest BCUT2D eigenvalue weighted by Gasteiger charge is 2.36. The van der Waals surface area contributed by atoms with Crippen molar-refractivity contribution in [3.8, 4) is 23.7 Å². The number of carbonyl (C=O) groups is 1. The first kappa shape index (κ1) is 16.4. The van der Waals surface area contributed by atoms with Crippen molar-refractivity contribution in [3.05, 3.63) is 52.9 Å². The minimum Gasteiger partial charge on any atom is -0.335 e. The Bertz CT molecular complexity index is 978. The van der Waals surface area contributed by atoms with E-state index in [1.807, 2.05) is 6.20 Å². The minimum absolute atomic E-state index is 0.166. The largest absolute Gasteiger partial charge is 0.335 e. The van der Waals surface area contributed by atoms with E-state index in [4.69, 9.17) is 4.98 Å². The van der Waals surface area contributed by atoms with Crippen LogP contribution in [-0.4, -0.2) is 20.4 Å². The molecule has 0 bridgehead atoms. The molecule has 5 heteroatoms. The summed E-state index contributed by atoms with van der Waals surface area (Å²) in [6, 6.07) is 4.34. The Hall–Kier alpha value is -3.05. The molecule has 0 N–H and O–H groups in total. The molecule has 2 aromatic rings. The van der Waals surface area contributed by atoms with Gasteiger partial charge in [0.1, 0.15) is 11.6 Å². The summed E-state index contributed by atoms with van der Waals surface area (Å²) in [5.74, 6) is 11.8. The van der Waals surface area contributed by atoms with Crippen LogP contribution in [0.15, 0.2) is 24.4 Å². The molecule has 0 radical (unpaired) electrons. The molecule has 0 aliphatic carbocycles. The van der Waals surface area contributed by atoms with Gasteiger partial charge in [0, 0.05) is 36.7 Å². The third-order valence-electron chi connectivity index (χ3n) is 4.90. The van der Waals surface area contributed by atoms with Crippen molar-refractivity contribution < 1.29 is 9.18 Å². The van der Waals surface area contributed by atoms with Gasteiger partial charge in [0.25, 0.3) is 5.91 Å². The summed E-state index contributed by atoms with van der Waals surface area (Å²) in [4.78, 5) is 19.3. The molecule has 0 spiro atoms. The third kappa shape index (κ3) is 2.76. The zero-order chi connectivity index (χ0) is 18.1. The van der Waals surface area contributed by atoms with Crippen LogP contribution in [0, 0.1) is 29.5 Å². The van der Waals surface area contributed by atoms with Crippen LogP contribution in [-0.2, 0) is 19.5 Å². The number of fused-ring (bicyclic) bond motifs is 2. The minimum atomic E-state index is -0.340. The Morgan fingerprint density at radius 2 is 2.23 bits per heavy atom. The van der Waals surface area contributed by atoms with Crippen LogP contribution in [0.1, 0.15) is 53.2 Å². The molecular formula is C21H18FN3O. The van der Waals surface area contributed by atoms with Gasteiger partial charge in [-0.1, -0.05) is 17.9 Å². The fourth-order valence-corrected chi connectivity index (χ4v) is 3.63. The standard InChI is InChI=1S/C21H18FN3O/c1-2-3-4-5-10-19(18-14-24-12-7-11-20(24)23-18)25-13-16-15(21(25)26)8-6-9-17(16)22/h6,8-9,14,19H,7,10-13H2,1H3. The first-order valence-electron chi connectivity index (χ1n) is 8.73. The normalized spacial score (nSPS) is 15.6. The summed E-state index contributed by atoms with van der Waals surface area (Å²) in [5.41, 5.74) is 1.71. The fourth-order valence-electron chi connectivity index (χ4n) is 3.63. The van der Waals surface area contributed by atoms with Crippen molar-refractivity contribution in [3.63, 3.8) is 0 Å². The Labute approximate surface area is 152 Å². The second kappa shape index (κ2) is 6.69. The number of hydrogen-bond donors (Lipinski definition) is 0. The van der Waals surface area contributed by atoms with Gasteiger partial charge in [-0.2, -0.15) is 0 Å². The number of benzene rings is 1. The van der Waals surface area contributed by atoms with E-state index in [9.17, 15) is 9.18 Å². The lowest BCUT2D eigenvalue weighted by Gasteiger charge is -2.25. The van der Waals surface area contributed by atoms with Crippen molar-refractivity contribution in [2.75, 3.05) is 0 Å². The predicted molar refractivity (Wildman–Crippen MR) is 95.4 cm³/mol. The molecule has 130 valence electrons. The van der Waals surface area contributed by atoms with Gasteiger partial charge in [-0.3, -0.25) is 4.79 Å². The lowest BCUT2D eigenvalue weighted by atomic mass is 10.1. The monoisotopic (exact) mass is 347 g/mol. The summed E-state index contributed by atoms with van der Waals surface area (Å²) in [5, 5.41) is 0. The molecule has 2 aliphatic heterocycles. The summed E-state index contributed by atoms with van der Waals surface area (Å²) >= 11 is 0. The van der Waals surface area contributed by atoms with Crippen molar-refractivity contribution >= 4 is 5.91 Å². The molecule has 0 saturated heterocycles. The van der Waals surface area contributed by atoms with E-state index in [-0.39, 0.29) is 24.3 Å². The molecule has 1 aromatic heterocycles. The van der Waals surface area contributed by atoms with Gasteiger partial charge in [0.2, 0.25) is 0 Å². The number of carbonyl (C=O) groups excluding carboxylic acids is 1. The summed E-state index contributed by atoms with van der Waals surface area (Å²) in [6.07, 6.45) is 4.47. The molecule has 1 amide bonds. The molecule has 1 unspecified atom stereocenters. The lowest BCUT2D eigenvalue weighted by Crippen LogP contribution is -2.29. The highest BCUT2D eigenvalue weighted by atomic mass is 19.1. The van der Waals surface area contributed by atoms with Gasteiger partial charge in [-0.15, -0.1) is 0 Å². The number of halogens is 1. The Balaban J connectivity index is 1.69. The number of aromatic nitrogens is 2. The number of aryl methyl sites for hydroxylation is 2. The molecule has 3 heterocycles. The molecule has 26 heavy (non-hydrogen) atoms. The van der Waals surface area contributed by atoms with Crippen molar-refractivity contribution in [2.24, 2.45) is 0 Å². The van der Waals surface area contributed by atoms with Crippen LogP contribution in [0.3, 0.4) is 0 Å². The number of rotatable bonds is 3. The quantitative estimate of drug-likeness (QED) is 0.801. The molecular weight excluding hydrogens is 329 g/mol. The van der Waals surface area contributed by atoms with Gasteiger partial charge in [0.15, 0.2) is 0 Å². The Morgan fingerprint density at radius 3 is 3.00 bits per heavy atom. The first-order valence-corrected chi connectivity index (χ1v) is 8.73. The molecule has 0 fully saturated rings. The van der Waals surface area contributed by atoms with E-state index in [0.717, 1.165) is 30.9 Å². The van der Waals surface area contributed by atoms with E-state index >= 15 is 0 Å². The van der Waals surface area contributed by atoms with Crippen LogP contribution in [0.5, 0.6) is 0 Å². The summed E-state index contributed by atoms with van der Waals surface area (Å²) in [6.45, 7) is 2.93. The predicted octanol–water partition coefficient (Wildman–Crippen LogP) is 3.08. The van der Waals surface area contributed by atoms with Crippen LogP contribution in [0.25, 0.3) is 0 Å². The van der Waals surface area contributed by atoms with Crippen molar-refractivity contribution in [1.82, 2.24) is 14.5 Å². The Kier molecular flexibility index (Phi) is 4.22. The van der Waals surface area contributed by atoms with Gasteiger partial charge >= 0.3 is 0 Å². The van der Waals surface area contributed by atoms with E-state index < -0.39 is 0 Å². The fraction of sp³-hybridized carbons (Fsp3) is 0.333. The van der Waals surface area contributed by atoms with E-state index in [2.05, 4.69) is 28.2 Å². The molecule has 2 aliphatic rings. The number of imidazole rings is 1. The average Bonchev–Trinajstić information content (AvgIpc) is 3.30. The van der Waals surface area contributed by atoms with Gasteiger partial charge in [0.05, 0.1) is 18.3 Å². The van der Waals surface area contributed by atoms with Crippen LogP contribution in [0.2, 0.25) is 0 Å². The zero-order valence-electron chi connectivity index (χ0n) is 14.6. The van der Waals surface area contributed by atoms with Crippen LogP contribution in [0.4, 0.5) is 4.39 Å². The highest BCUT2D eigenvalue weighted by molar-refractivity contribution is 5.98. The number of hydrogen-bond acceptors (Lipinski definition) is 2. The summed E-state index contributed by atoms with van der Waals surface area (Å²) < 4.78 is 16.3. The zero-order valence-corrected chi connectivity index (χ0v) is 14.6.